The summed E-state index contributed by atoms with van der Waals surface area (Å²) in [5.41, 5.74) is 0.902. The van der Waals surface area contributed by atoms with Crippen LogP contribution in [0.1, 0.15) is 5.56 Å². The van der Waals surface area contributed by atoms with E-state index in [1.165, 1.54) is 19.2 Å². The number of rotatable bonds is 6. The molecule has 144 valence electrons. The van der Waals surface area contributed by atoms with Gasteiger partial charge in [0.15, 0.2) is 11.5 Å². The van der Waals surface area contributed by atoms with Crippen LogP contribution in [-0.4, -0.2) is 40.7 Å². The monoisotopic (exact) mass is 393 g/mol. The molecule has 0 aromatic heterocycles. The fourth-order valence-corrected chi connectivity index (χ4v) is 3.55. The Morgan fingerprint density at radius 3 is 2.52 bits per heavy atom. The first-order valence-electron chi connectivity index (χ1n) is 8.13. The number of nitrogens with one attached hydrogen (secondary N) is 1. The van der Waals surface area contributed by atoms with E-state index in [0.29, 0.717) is 36.9 Å². The van der Waals surface area contributed by atoms with Crippen LogP contribution in [0.5, 0.6) is 11.5 Å². The van der Waals surface area contributed by atoms with E-state index in [1.807, 2.05) is 12.1 Å². The predicted molar refractivity (Wildman–Crippen MR) is 98.9 cm³/mol. The van der Waals surface area contributed by atoms with E-state index in [4.69, 9.17) is 9.47 Å². The maximum Gasteiger partial charge on any atom is 0.293 e. The Bertz CT molecular complexity index is 977. The minimum absolute atomic E-state index is 0.159. The second kappa shape index (κ2) is 7.41. The van der Waals surface area contributed by atoms with E-state index in [2.05, 4.69) is 4.72 Å². The Kier molecular flexibility index (Phi) is 5.19. The third-order valence-corrected chi connectivity index (χ3v) is 5.57. The number of benzene rings is 2. The molecule has 10 heteroatoms. The Hall–Kier alpha value is -2.85. The molecule has 2 aromatic rings. The van der Waals surface area contributed by atoms with Gasteiger partial charge in [-0.1, -0.05) is 6.07 Å². The van der Waals surface area contributed by atoms with Crippen molar-refractivity contribution in [3.8, 4) is 11.5 Å². The molecule has 0 amide bonds. The molecule has 0 saturated carbocycles. The van der Waals surface area contributed by atoms with Gasteiger partial charge in [-0.25, -0.2) is 13.1 Å². The van der Waals surface area contributed by atoms with Gasteiger partial charge in [0.05, 0.1) is 9.82 Å². The van der Waals surface area contributed by atoms with Crippen LogP contribution in [0.4, 0.5) is 11.4 Å². The van der Waals surface area contributed by atoms with Crippen LogP contribution in [-0.2, 0) is 16.6 Å². The first-order valence-corrected chi connectivity index (χ1v) is 9.62. The van der Waals surface area contributed by atoms with Crippen molar-refractivity contribution in [1.29, 1.82) is 0 Å². The topological polar surface area (TPSA) is 111 Å². The van der Waals surface area contributed by atoms with Gasteiger partial charge in [0.25, 0.3) is 5.69 Å². The highest BCUT2D eigenvalue weighted by Crippen LogP contribution is 2.34. The molecular weight excluding hydrogens is 374 g/mol. The average Bonchev–Trinajstić information content (AvgIpc) is 2.67. The summed E-state index contributed by atoms with van der Waals surface area (Å²) >= 11 is 0. The molecule has 9 nitrogen and oxygen atoms in total. The Morgan fingerprint density at radius 1 is 1.15 bits per heavy atom. The van der Waals surface area contributed by atoms with Gasteiger partial charge < -0.3 is 14.4 Å². The molecule has 1 N–H and O–H groups in total. The van der Waals surface area contributed by atoms with Crippen molar-refractivity contribution in [2.75, 3.05) is 32.2 Å². The number of sulfonamides is 1. The summed E-state index contributed by atoms with van der Waals surface area (Å²) in [7, 11) is -0.816. The summed E-state index contributed by atoms with van der Waals surface area (Å²) in [6.45, 7) is 1.34. The highest BCUT2D eigenvalue weighted by Gasteiger charge is 2.23. The predicted octanol–water partition coefficient (Wildman–Crippen LogP) is 1.91. The van der Waals surface area contributed by atoms with E-state index < -0.39 is 14.9 Å². The molecule has 0 aliphatic carbocycles. The van der Waals surface area contributed by atoms with Crippen LogP contribution in [0.2, 0.25) is 0 Å². The molecule has 0 saturated heterocycles. The molecule has 0 atom stereocenters. The number of fused-ring (bicyclic) bond motifs is 1. The van der Waals surface area contributed by atoms with Gasteiger partial charge in [-0.05, 0) is 36.9 Å². The molecule has 2 aromatic carbocycles. The summed E-state index contributed by atoms with van der Waals surface area (Å²) in [5, 5.41) is 11.5. The molecular formula is C17H19N3O6S. The van der Waals surface area contributed by atoms with Crippen molar-refractivity contribution in [2.45, 2.75) is 11.4 Å². The first kappa shape index (κ1) is 18.9. The van der Waals surface area contributed by atoms with Crippen molar-refractivity contribution in [3.63, 3.8) is 0 Å². The quantitative estimate of drug-likeness (QED) is 0.589. The SMILES string of the molecule is CNS(=O)(=O)c1ccc(N(C)Cc2ccc3c(c2)OCCO3)c([N+](=O)[O-])c1. The lowest BCUT2D eigenvalue weighted by molar-refractivity contribution is -0.384. The minimum Gasteiger partial charge on any atom is -0.486 e. The number of anilines is 1. The fraction of sp³-hybridized carbons (Fsp3) is 0.294. The first-order chi connectivity index (χ1) is 12.8. The van der Waals surface area contributed by atoms with E-state index in [-0.39, 0.29) is 10.6 Å². The molecule has 0 fully saturated rings. The summed E-state index contributed by atoms with van der Waals surface area (Å²) in [6.07, 6.45) is 0. The van der Waals surface area contributed by atoms with E-state index in [0.717, 1.165) is 11.6 Å². The number of nitrogens with zero attached hydrogens (tertiary/aromatic N) is 2. The summed E-state index contributed by atoms with van der Waals surface area (Å²) < 4.78 is 37.0. The standard InChI is InChI=1S/C17H19N3O6S/c1-18-27(23,24)13-4-5-14(15(10-13)20(21)22)19(2)11-12-3-6-16-17(9-12)26-8-7-25-16/h3-6,9-10,18H,7-8,11H2,1-2H3. The second-order valence-electron chi connectivity index (χ2n) is 5.95. The lowest BCUT2D eigenvalue weighted by Gasteiger charge is -2.22. The maximum absolute atomic E-state index is 11.9. The molecule has 3 rings (SSSR count). The molecule has 0 radical (unpaired) electrons. The number of hydrogen-bond donors (Lipinski definition) is 1. The largest absolute Gasteiger partial charge is 0.486 e. The molecule has 0 spiro atoms. The van der Waals surface area contributed by atoms with Gasteiger partial charge in [-0.15, -0.1) is 0 Å². The Morgan fingerprint density at radius 2 is 1.85 bits per heavy atom. The van der Waals surface area contributed by atoms with Crippen molar-refractivity contribution in [3.05, 3.63) is 52.1 Å². The van der Waals surface area contributed by atoms with Crippen molar-refractivity contribution >= 4 is 21.4 Å². The van der Waals surface area contributed by atoms with Gasteiger partial charge in [0, 0.05) is 19.7 Å². The second-order valence-corrected chi connectivity index (χ2v) is 7.84. The zero-order chi connectivity index (χ0) is 19.6. The number of nitro benzene ring substituents is 1. The Labute approximate surface area is 156 Å². The van der Waals surface area contributed by atoms with Crippen molar-refractivity contribution in [2.24, 2.45) is 0 Å². The third-order valence-electron chi connectivity index (χ3n) is 4.16. The van der Waals surface area contributed by atoms with Crippen LogP contribution in [0.3, 0.4) is 0 Å². The number of ether oxygens (including phenoxy) is 2. The smallest absolute Gasteiger partial charge is 0.293 e. The highest BCUT2D eigenvalue weighted by atomic mass is 32.2. The molecule has 1 aliphatic rings. The zero-order valence-corrected chi connectivity index (χ0v) is 15.7. The van der Waals surface area contributed by atoms with Gasteiger partial charge >= 0.3 is 0 Å². The van der Waals surface area contributed by atoms with Crippen molar-refractivity contribution in [1.82, 2.24) is 4.72 Å². The lowest BCUT2D eigenvalue weighted by Crippen LogP contribution is -2.21. The van der Waals surface area contributed by atoms with Gasteiger partial charge in [0.1, 0.15) is 18.9 Å². The molecule has 1 heterocycles. The zero-order valence-electron chi connectivity index (χ0n) is 14.8. The van der Waals surface area contributed by atoms with E-state index in [9.17, 15) is 18.5 Å². The minimum atomic E-state index is -3.77. The average molecular weight is 393 g/mol. The van der Waals surface area contributed by atoms with E-state index >= 15 is 0 Å². The summed E-state index contributed by atoms with van der Waals surface area (Å²) in [6, 6.07) is 9.32. The summed E-state index contributed by atoms with van der Waals surface area (Å²) in [5.74, 6) is 1.30. The fourth-order valence-electron chi connectivity index (χ4n) is 2.80. The van der Waals surface area contributed by atoms with Crippen LogP contribution in [0.25, 0.3) is 0 Å². The number of nitro groups is 1. The molecule has 1 aliphatic heterocycles. The van der Waals surface area contributed by atoms with Gasteiger partial charge in [0.2, 0.25) is 10.0 Å². The van der Waals surface area contributed by atoms with E-state index in [1.54, 1.807) is 18.0 Å². The molecule has 27 heavy (non-hydrogen) atoms. The van der Waals surface area contributed by atoms with Crippen LogP contribution in [0, 0.1) is 10.1 Å². The van der Waals surface area contributed by atoms with Crippen LogP contribution in [0.15, 0.2) is 41.3 Å². The highest BCUT2D eigenvalue weighted by molar-refractivity contribution is 7.89. The third kappa shape index (κ3) is 3.96. The molecule has 0 unspecified atom stereocenters. The number of hydrogen-bond acceptors (Lipinski definition) is 7. The van der Waals surface area contributed by atoms with Crippen LogP contribution < -0.4 is 19.1 Å². The lowest BCUT2D eigenvalue weighted by atomic mass is 10.1. The van der Waals surface area contributed by atoms with Gasteiger partial charge in [-0.2, -0.15) is 0 Å². The summed E-state index contributed by atoms with van der Waals surface area (Å²) in [4.78, 5) is 12.4. The normalized spacial score (nSPS) is 13.3. The van der Waals surface area contributed by atoms with Crippen molar-refractivity contribution < 1.29 is 22.8 Å². The van der Waals surface area contributed by atoms with Crippen LogP contribution >= 0.6 is 0 Å². The molecule has 0 bridgehead atoms. The Balaban J connectivity index is 1.90. The van der Waals surface area contributed by atoms with Gasteiger partial charge in [-0.3, -0.25) is 10.1 Å². The maximum atomic E-state index is 11.9.